The van der Waals surface area contributed by atoms with Gasteiger partial charge in [-0.25, -0.2) is 0 Å². The molecule has 1 aromatic carbocycles. The summed E-state index contributed by atoms with van der Waals surface area (Å²) in [6.45, 7) is 2.21. The first-order valence-electron chi connectivity index (χ1n) is 7.02. The van der Waals surface area contributed by atoms with Gasteiger partial charge in [0.2, 0.25) is 0 Å². The summed E-state index contributed by atoms with van der Waals surface area (Å²) in [6, 6.07) is 12.9. The summed E-state index contributed by atoms with van der Waals surface area (Å²) in [6.07, 6.45) is 3.32. The molecule has 0 saturated carbocycles. The molecule has 0 amide bonds. The van der Waals surface area contributed by atoms with Crippen molar-refractivity contribution >= 4 is 27.3 Å². The maximum Gasteiger partial charge on any atom is 0.122 e. The van der Waals surface area contributed by atoms with Crippen molar-refractivity contribution in [3.63, 3.8) is 0 Å². The maximum atomic E-state index is 5.45. The molecule has 0 aliphatic heterocycles. The van der Waals surface area contributed by atoms with Crippen LogP contribution in [0.3, 0.4) is 0 Å². The van der Waals surface area contributed by atoms with Gasteiger partial charge in [-0.15, -0.1) is 11.3 Å². The Hall–Kier alpha value is -0.800. The summed E-state index contributed by atoms with van der Waals surface area (Å²) in [7, 11) is 1.74. The summed E-state index contributed by atoms with van der Waals surface area (Å²) in [5.74, 6) is 1.61. The quantitative estimate of drug-likeness (QED) is 0.628. The van der Waals surface area contributed by atoms with E-state index in [4.69, 9.17) is 4.74 Å². The van der Waals surface area contributed by atoms with Crippen molar-refractivity contribution < 1.29 is 4.74 Å². The Balaban J connectivity index is 2.05. The normalized spacial score (nSPS) is 12.3. The van der Waals surface area contributed by atoms with Gasteiger partial charge in [-0.1, -0.05) is 41.1 Å². The maximum absolute atomic E-state index is 5.45. The standard InChI is InChI=1S/C17H21BrOS/c1-3-15-8-9-16(20-15)11-13(12-18)10-14-6-4-5-7-17(14)19-2/h4-9,13H,3,10-12H2,1-2H3. The summed E-state index contributed by atoms with van der Waals surface area (Å²) >= 11 is 5.61. The van der Waals surface area contributed by atoms with Gasteiger partial charge >= 0.3 is 0 Å². The zero-order valence-corrected chi connectivity index (χ0v) is 14.5. The van der Waals surface area contributed by atoms with Gasteiger partial charge in [0.25, 0.3) is 0 Å². The van der Waals surface area contributed by atoms with E-state index < -0.39 is 0 Å². The average molecular weight is 353 g/mol. The lowest BCUT2D eigenvalue weighted by Crippen LogP contribution is -2.10. The van der Waals surface area contributed by atoms with E-state index in [1.165, 1.54) is 15.3 Å². The number of hydrogen-bond acceptors (Lipinski definition) is 2. The molecule has 2 rings (SSSR count). The van der Waals surface area contributed by atoms with Gasteiger partial charge in [-0.3, -0.25) is 0 Å². The van der Waals surface area contributed by atoms with E-state index in [2.05, 4.69) is 47.1 Å². The number of ether oxygens (including phenoxy) is 1. The van der Waals surface area contributed by atoms with Gasteiger partial charge in [0.15, 0.2) is 0 Å². The second-order valence-corrected chi connectivity index (χ2v) is 6.86. The minimum atomic E-state index is 0.606. The predicted octanol–water partition coefficient (Wildman–Crippen LogP) is 5.12. The molecule has 1 heterocycles. The van der Waals surface area contributed by atoms with Crippen LogP contribution < -0.4 is 4.74 Å². The van der Waals surface area contributed by atoms with Crippen LogP contribution in [0.5, 0.6) is 5.75 Å². The van der Waals surface area contributed by atoms with E-state index in [9.17, 15) is 0 Å². The number of benzene rings is 1. The summed E-state index contributed by atoms with van der Waals surface area (Å²) in [4.78, 5) is 2.96. The number of aryl methyl sites for hydroxylation is 1. The molecule has 0 spiro atoms. The Morgan fingerprint density at radius 1 is 1.10 bits per heavy atom. The summed E-state index contributed by atoms with van der Waals surface area (Å²) in [5, 5.41) is 1.02. The molecule has 0 saturated heterocycles. The van der Waals surface area contributed by atoms with Gasteiger partial charge in [0, 0.05) is 15.1 Å². The third kappa shape index (κ3) is 4.10. The first-order valence-corrected chi connectivity index (χ1v) is 8.96. The van der Waals surface area contributed by atoms with Crippen LogP contribution in [0.25, 0.3) is 0 Å². The minimum Gasteiger partial charge on any atom is -0.496 e. The van der Waals surface area contributed by atoms with Crippen molar-refractivity contribution in [2.24, 2.45) is 5.92 Å². The Morgan fingerprint density at radius 3 is 2.50 bits per heavy atom. The van der Waals surface area contributed by atoms with Crippen molar-refractivity contribution in [2.45, 2.75) is 26.2 Å². The molecule has 0 N–H and O–H groups in total. The third-order valence-electron chi connectivity index (χ3n) is 3.47. The zero-order valence-electron chi connectivity index (χ0n) is 12.1. The molecule has 0 aliphatic carbocycles. The van der Waals surface area contributed by atoms with E-state index in [1.807, 2.05) is 23.5 Å². The van der Waals surface area contributed by atoms with E-state index >= 15 is 0 Å². The van der Waals surface area contributed by atoms with Crippen LogP contribution in [-0.2, 0) is 19.3 Å². The van der Waals surface area contributed by atoms with Crippen LogP contribution in [0.2, 0.25) is 0 Å². The fourth-order valence-corrected chi connectivity index (χ4v) is 3.90. The van der Waals surface area contributed by atoms with Crippen LogP contribution in [0.15, 0.2) is 36.4 Å². The Labute approximate surface area is 134 Å². The molecular weight excluding hydrogens is 332 g/mol. The van der Waals surface area contributed by atoms with E-state index in [1.54, 1.807) is 7.11 Å². The monoisotopic (exact) mass is 352 g/mol. The third-order valence-corrected chi connectivity index (χ3v) is 5.64. The molecule has 0 fully saturated rings. The molecule has 1 atom stereocenters. The average Bonchev–Trinajstić information content (AvgIpc) is 2.94. The van der Waals surface area contributed by atoms with E-state index in [-0.39, 0.29) is 0 Å². The smallest absolute Gasteiger partial charge is 0.122 e. The highest BCUT2D eigenvalue weighted by Gasteiger charge is 2.13. The molecule has 2 aromatic rings. The number of thiophene rings is 1. The zero-order chi connectivity index (χ0) is 14.4. The molecular formula is C17H21BrOS. The van der Waals surface area contributed by atoms with Crippen LogP contribution in [0.1, 0.15) is 22.2 Å². The molecule has 1 nitrogen and oxygen atoms in total. The van der Waals surface area contributed by atoms with E-state index in [0.29, 0.717) is 5.92 Å². The SMILES string of the molecule is CCc1ccc(CC(CBr)Cc2ccccc2OC)s1. The molecule has 20 heavy (non-hydrogen) atoms. The number of para-hydroxylation sites is 1. The number of alkyl halides is 1. The Kier molecular flexibility index (Phi) is 6.11. The van der Waals surface area contributed by atoms with Crippen LogP contribution in [-0.4, -0.2) is 12.4 Å². The van der Waals surface area contributed by atoms with Gasteiger partial charge in [0.05, 0.1) is 7.11 Å². The Morgan fingerprint density at radius 2 is 1.85 bits per heavy atom. The molecule has 0 radical (unpaired) electrons. The summed E-state index contributed by atoms with van der Waals surface area (Å²) in [5.41, 5.74) is 1.30. The van der Waals surface area contributed by atoms with Gasteiger partial charge in [-0.2, -0.15) is 0 Å². The van der Waals surface area contributed by atoms with Crippen molar-refractivity contribution in [1.82, 2.24) is 0 Å². The lowest BCUT2D eigenvalue weighted by molar-refractivity contribution is 0.406. The second-order valence-electron chi connectivity index (χ2n) is 4.96. The van der Waals surface area contributed by atoms with Gasteiger partial charge in [0.1, 0.15) is 5.75 Å². The molecule has 108 valence electrons. The lowest BCUT2D eigenvalue weighted by atomic mass is 9.97. The topological polar surface area (TPSA) is 9.23 Å². The molecule has 0 bridgehead atoms. The second kappa shape index (κ2) is 7.84. The molecule has 0 aliphatic rings. The van der Waals surface area contributed by atoms with Crippen LogP contribution in [0.4, 0.5) is 0 Å². The predicted molar refractivity (Wildman–Crippen MR) is 91.4 cm³/mol. The number of rotatable bonds is 7. The summed E-state index contributed by atoms with van der Waals surface area (Å²) < 4.78 is 5.45. The largest absolute Gasteiger partial charge is 0.496 e. The first kappa shape index (κ1) is 15.6. The van der Waals surface area contributed by atoms with Crippen molar-refractivity contribution in [1.29, 1.82) is 0 Å². The number of halogens is 1. The van der Waals surface area contributed by atoms with E-state index in [0.717, 1.165) is 30.3 Å². The lowest BCUT2D eigenvalue weighted by Gasteiger charge is -2.15. The number of methoxy groups -OCH3 is 1. The van der Waals surface area contributed by atoms with Crippen molar-refractivity contribution in [2.75, 3.05) is 12.4 Å². The molecule has 1 unspecified atom stereocenters. The van der Waals surface area contributed by atoms with Gasteiger partial charge < -0.3 is 4.74 Å². The minimum absolute atomic E-state index is 0.606. The fourth-order valence-electron chi connectivity index (χ4n) is 2.37. The van der Waals surface area contributed by atoms with Crippen molar-refractivity contribution in [3.05, 3.63) is 51.7 Å². The highest BCUT2D eigenvalue weighted by Crippen LogP contribution is 2.26. The van der Waals surface area contributed by atoms with Gasteiger partial charge in [-0.05, 0) is 48.9 Å². The molecule has 1 aromatic heterocycles. The fraction of sp³-hybridized carbons (Fsp3) is 0.412. The first-order chi connectivity index (χ1) is 9.76. The highest BCUT2D eigenvalue weighted by atomic mass is 79.9. The highest BCUT2D eigenvalue weighted by molar-refractivity contribution is 9.09. The van der Waals surface area contributed by atoms with Crippen molar-refractivity contribution in [3.8, 4) is 5.75 Å². The van der Waals surface area contributed by atoms with Crippen LogP contribution in [0, 0.1) is 5.92 Å². The molecule has 3 heteroatoms. The Bertz CT molecular complexity index is 535. The number of hydrogen-bond donors (Lipinski definition) is 0. The van der Waals surface area contributed by atoms with Crippen LogP contribution >= 0.6 is 27.3 Å².